The maximum absolute atomic E-state index is 13.1. The minimum atomic E-state index is -4.96. The smallest absolute Gasteiger partial charge is 0.462 e. The van der Waals surface area contributed by atoms with E-state index in [4.69, 9.17) is 37.0 Å². The lowest BCUT2D eigenvalue weighted by molar-refractivity contribution is -0.161. The molecule has 0 heterocycles. The molecule has 94 heavy (non-hydrogen) atoms. The van der Waals surface area contributed by atoms with Gasteiger partial charge in [-0.25, -0.2) is 9.13 Å². The highest BCUT2D eigenvalue weighted by Crippen LogP contribution is 2.45. The average molecular weight is 1380 g/mol. The number of carbonyl (C=O) groups is 4. The van der Waals surface area contributed by atoms with Crippen LogP contribution in [-0.2, 0) is 65.4 Å². The molecule has 0 aromatic rings. The first-order valence-electron chi connectivity index (χ1n) is 38.9. The van der Waals surface area contributed by atoms with Crippen LogP contribution in [0.1, 0.15) is 382 Å². The van der Waals surface area contributed by atoms with Gasteiger partial charge in [-0.3, -0.25) is 37.3 Å². The summed E-state index contributed by atoms with van der Waals surface area (Å²) in [5.41, 5.74) is 0. The lowest BCUT2D eigenvalue weighted by Crippen LogP contribution is -2.30. The summed E-state index contributed by atoms with van der Waals surface area (Å²) in [5.74, 6) is 0.133. The standard InChI is InChI=1S/C75H146O17P2/c1-8-10-11-12-13-14-15-16-17-18-19-20-21-22-27-37-44-51-58-74(79)91-70(62-85-72(77)56-49-42-35-26-24-23-25-32-39-46-53-66(3)4)64-89-93(81,82)87-60-69(76)61-88-94(83,84)90-65-71(63-86-73(78)57-50-43-36-30-28-33-40-47-54-67(5)6)92-75(80)59-52-45-38-31-29-34-41-48-55-68(7)9-2/h66-71,76H,8-65H2,1-7H3,(H,81,82)(H,83,84)/t68?,69-,70-,71-/m1/s1. The predicted molar refractivity (Wildman–Crippen MR) is 381 cm³/mol. The van der Waals surface area contributed by atoms with Gasteiger partial charge in [0.15, 0.2) is 12.2 Å². The first-order chi connectivity index (χ1) is 45.3. The number of hydrogen-bond acceptors (Lipinski definition) is 15. The van der Waals surface area contributed by atoms with Crippen molar-refractivity contribution in [2.45, 2.75) is 401 Å². The molecule has 0 aromatic heterocycles. The van der Waals surface area contributed by atoms with Crippen LogP contribution in [0.3, 0.4) is 0 Å². The fraction of sp³-hybridized carbons (Fsp3) is 0.947. The molecule has 0 fully saturated rings. The van der Waals surface area contributed by atoms with E-state index < -0.39 is 97.5 Å². The molecule has 3 N–H and O–H groups in total. The molecule has 0 bridgehead atoms. The highest BCUT2D eigenvalue weighted by molar-refractivity contribution is 7.47. The van der Waals surface area contributed by atoms with Crippen LogP contribution in [0, 0.1) is 17.8 Å². The van der Waals surface area contributed by atoms with Crippen molar-refractivity contribution in [3.63, 3.8) is 0 Å². The molecule has 0 saturated carbocycles. The van der Waals surface area contributed by atoms with Gasteiger partial charge in [0, 0.05) is 25.7 Å². The van der Waals surface area contributed by atoms with E-state index in [0.29, 0.717) is 25.7 Å². The molecule has 0 aliphatic carbocycles. The van der Waals surface area contributed by atoms with Crippen molar-refractivity contribution in [1.29, 1.82) is 0 Å². The van der Waals surface area contributed by atoms with Crippen molar-refractivity contribution in [3.05, 3.63) is 0 Å². The van der Waals surface area contributed by atoms with Crippen LogP contribution in [0.2, 0.25) is 0 Å². The van der Waals surface area contributed by atoms with Crippen molar-refractivity contribution in [1.82, 2.24) is 0 Å². The second kappa shape index (κ2) is 65.7. The van der Waals surface area contributed by atoms with Crippen molar-refractivity contribution in [2.75, 3.05) is 39.6 Å². The van der Waals surface area contributed by atoms with E-state index in [2.05, 4.69) is 48.5 Å². The number of aliphatic hydroxyl groups excluding tert-OH is 1. The van der Waals surface area contributed by atoms with E-state index in [0.717, 1.165) is 108 Å². The molecule has 17 nitrogen and oxygen atoms in total. The lowest BCUT2D eigenvalue weighted by atomic mass is 9.99. The summed E-state index contributed by atoms with van der Waals surface area (Å²) in [6, 6.07) is 0. The third-order valence-corrected chi connectivity index (χ3v) is 19.6. The first-order valence-corrected chi connectivity index (χ1v) is 41.9. The summed E-state index contributed by atoms with van der Waals surface area (Å²) < 4.78 is 68.5. The Morgan fingerprint density at radius 2 is 0.543 bits per heavy atom. The van der Waals surface area contributed by atoms with Crippen LogP contribution in [0.15, 0.2) is 0 Å². The molecule has 0 aromatic carbocycles. The van der Waals surface area contributed by atoms with Crippen LogP contribution < -0.4 is 0 Å². The van der Waals surface area contributed by atoms with Crippen LogP contribution >= 0.6 is 15.6 Å². The Morgan fingerprint density at radius 3 is 0.809 bits per heavy atom. The van der Waals surface area contributed by atoms with E-state index in [9.17, 15) is 43.2 Å². The highest BCUT2D eigenvalue weighted by atomic mass is 31.2. The number of hydrogen-bond donors (Lipinski definition) is 3. The van der Waals surface area contributed by atoms with Gasteiger partial charge >= 0.3 is 39.5 Å². The highest BCUT2D eigenvalue weighted by Gasteiger charge is 2.30. The van der Waals surface area contributed by atoms with Gasteiger partial charge in [-0.05, 0) is 43.4 Å². The summed E-state index contributed by atoms with van der Waals surface area (Å²) >= 11 is 0. The SMILES string of the molecule is CCCCCCCCCCCCCCCCCCCCC(=O)O[C@H](COC(=O)CCCCCCCCCCCCC(C)C)COP(=O)(O)OC[C@@H](O)COP(=O)(O)OC[C@@H](COC(=O)CCCCCCCCCCC(C)C)OC(=O)CCCCCCCCCCC(C)CC. The minimum Gasteiger partial charge on any atom is -0.462 e. The van der Waals surface area contributed by atoms with Gasteiger partial charge in [-0.15, -0.1) is 0 Å². The Bertz CT molecular complexity index is 1840. The van der Waals surface area contributed by atoms with Gasteiger partial charge in [-0.2, -0.15) is 0 Å². The van der Waals surface area contributed by atoms with E-state index >= 15 is 0 Å². The third kappa shape index (κ3) is 67.3. The van der Waals surface area contributed by atoms with Gasteiger partial charge in [0.1, 0.15) is 19.3 Å². The number of unbranched alkanes of at least 4 members (excludes halogenated alkanes) is 40. The van der Waals surface area contributed by atoms with Crippen molar-refractivity contribution in [3.8, 4) is 0 Å². The molecule has 3 unspecified atom stereocenters. The molecular formula is C75H146O17P2. The second-order valence-corrected chi connectivity index (χ2v) is 31.1. The van der Waals surface area contributed by atoms with Gasteiger partial charge in [0.25, 0.3) is 0 Å². The average Bonchev–Trinajstić information content (AvgIpc) is 3.72. The van der Waals surface area contributed by atoms with E-state index in [1.54, 1.807) is 0 Å². The number of esters is 4. The van der Waals surface area contributed by atoms with Gasteiger partial charge < -0.3 is 33.8 Å². The molecule has 0 saturated heterocycles. The second-order valence-electron chi connectivity index (χ2n) is 28.2. The van der Waals surface area contributed by atoms with Crippen molar-refractivity contribution >= 4 is 39.5 Å². The molecule has 0 radical (unpaired) electrons. The summed E-state index contributed by atoms with van der Waals surface area (Å²) in [6.45, 7) is 11.8. The first kappa shape index (κ1) is 92.1. The Hall–Kier alpha value is -1.94. The largest absolute Gasteiger partial charge is 0.472 e. The molecule has 6 atom stereocenters. The molecule has 19 heteroatoms. The maximum Gasteiger partial charge on any atom is 0.472 e. The Morgan fingerprint density at radius 1 is 0.309 bits per heavy atom. The van der Waals surface area contributed by atoms with Crippen LogP contribution in [0.25, 0.3) is 0 Å². The van der Waals surface area contributed by atoms with Gasteiger partial charge in [0.05, 0.1) is 26.4 Å². The zero-order valence-corrected chi connectivity index (χ0v) is 63.2. The number of phosphoric ester groups is 2. The fourth-order valence-corrected chi connectivity index (χ4v) is 13.0. The van der Waals surface area contributed by atoms with Crippen LogP contribution in [0.4, 0.5) is 0 Å². The Kier molecular flexibility index (Phi) is 64.3. The summed E-state index contributed by atoms with van der Waals surface area (Å²) in [6.07, 6.45) is 51.3. The molecule has 0 aliphatic heterocycles. The number of phosphoric acid groups is 2. The Labute approximate surface area is 575 Å². The zero-order chi connectivity index (χ0) is 69.4. The van der Waals surface area contributed by atoms with Crippen molar-refractivity contribution in [2.24, 2.45) is 17.8 Å². The van der Waals surface area contributed by atoms with Gasteiger partial charge in [-0.1, -0.05) is 331 Å². The van der Waals surface area contributed by atoms with Crippen molar-refractivity contribution < 1.29 is 80.2 Å². The molecule has 0 amide bonds. The van der Waals surface area contributed by atoms with E-state index in [-0.39, 0.29) is 25.7 Å². The number of ether oxygens (including phenoxy) is 4. The molecule has 0 rings (SSSR count). The topological polar surface area (TPSA) is 237 Å². The molecular weight excluding hydrogens is 1230 g/mol. The third-order valence-electron chi connectivity index (χ3n) is 17.7. The lowest BCUT2D eigenvalue weighted by Gasteiger charge is -2.21. The Balaban J connectivity index is 5.25. The van der Waals surface area contributed by atoms with Crippen LogP contribution in [0.5, 0.6) is 0 Å². The summed E-state index contributed by atoms with van der Waals surface area (Å²) in [4.78, 5) is 72.8. The maximum atomic E-state index is 13.1. The summed E-state index contributed by atoms with van der Waals surface area (Å²) in [5, 5.41) is 10.6. The number of rotatable bonds is 73. The van der Waals surface area contributed by atoms with E-state index in [1.807, 2.05) is 0 Å². The molecule has 0 aliphatic rings. The summed E-state index contributed by atoms with van der Waals surface area (Å²) in [7, 11) is -9.91. The number of carbonyl (C=O) groups excluding carboxylic acids is 4. The molecule has 558 valence electrons. The minimum absolute atomic E-state index is 0.104. The quantitative estimate of drug-likeness (QED) is 0.0222. The predicted octanol–water partition coefficient (Wildman–Crippen LogP) is 21.8. The fourth-order valence-electron chi connectivity index (χ4n) is 11.4. The van der Waals surface area contributed by atoms with Crippen LogP contribution in [-0.4, -0.2) is 96.7 Å². The molecule has 0 spiro atoms. The normalized spacial score (nSPS) is 14.4. The van der Waals surface area contributed by atoms with E-state index in [1.165, 1.54) is 193 Å². The zero-order valence-electron chi connectivity index (χ0n) is 61.4. The number of aliphatic hydroxyl groups is 1. The van der Waals surface area contributed by atoms with Gasteiger partial charge in [0.2, 0.25) is 0 Å². The monoisotopic (exact) mass is 1380 g/mol.